The van der Waals surface area contributed by atoms with Gasteiger partial charge in [-0.25, -0.2) is 0 Å². The second-order valence-corrected chi connectivity index (χ2v) is 7.87. The van der Waals surface area contributed by atoms with E-state index in [1.54, 1.807) is 4.90 Å². The summed E-state index contributed by atoms with van der Waals surface area (Å²) in [5, 5.41) is 0. The van der Waals surface area contributed by atoms with Gasteiger partial charge in [0.1, 0.15) is 0 Å². The van der Waals surface area contributed by atoms with E-state index in [1.165, 1.54) is 0 Å². The van der Waals surface area contributed by atoms with Crippen molar-refractivity contribution in [1.82, 2.24) is 9.80 Å². The summed E-state index contributed by atoms with van der Waals surface area (Å²) in [7, 11) is 0. The first-order valence-corrected chi connectivity index (χ1v) is 10.1. The van der Waals surface area contributed by atoms with Gasteiger partial charge in [0.05, 0.1) is 5.92 Å². The number of hydrogen-bond acceptors (Lipinski definition) is 3. The summed E-state index contributed by atoms with van der Waals surface area (Å²) in [4.78, 5) is 43.2. The minimum atomic E-state index is -0.0688. The van der Waals surface area contributed by atoms with Crippen molar-refractivity contribution in [2.45, 2.75) is 45.1 Å². The molecule has 0 unspecified atom stereocenters. The average Bonchev–Trinajstić information content (AvgIpc) is 2.93. The first-order chi connectivity index (χ1) is 13.1. The fourth-order valence-corrected chi connectivity index (χ4v) is 4.63. The van der Waals surface area contributed by atoms with Crippen LogP contribution >= 0.6 is 0 Å². The van der Waals surface area contributed by atoms with Gasteiger partial charge in [0.15, 0.2) is 0 Å². The van der Waals surface area contributed by atoms with Gasteiger partial charge in [0.25, 0.3) is 5.91 Å². The molecule has 2 bridgehead atoms. The van der Waals surface area contributed by atoms with Gasteiger partial charge in [-0.1, -0.05) is 6.92 Å². The zero-order valence-electron chi connectivity index (χ0n) is 15.9. The first kappa shape index (κ1) is 18.0. The standard InChI is InChI=1S/C21H27N3O3/c1-2-11-24-18-10-7-16(21(24)27)13-22(14-18)20(26)15-5-8-17(9-6-15)23-12-3-4-19(23)25/h5-6,8-9,16,18H,2-4,7,10-14H2,1H3/t16-,18+/m1/s1. The number of carbonyl (C=O) groups is 3. The third-order valence-electron chi connectivity index (χ3n) is 6.04. The van der Waals surface area contributed by atoms with Crippen LogP contribution in [0, 0.1) is 5.92 Å². The third kappa shape index (κ3) is 3.33. The molecule has 2 atom stereocenters. The number of fused-ring (bicyclic) bond motifs is 4. The molecule has 1 aromatic rings. The summed E-state index contributed by atoms with van der Waals surface area (Å²) >= 11 is 0. The second kappa shape index (κ2) is 7.33. The molecule has 6 nitrogen and oxygen atoms in total. The SMILES string of the molecule is CCCN1C(=O)[C@@H]2CC[C@H]1CN(C(=O)c1ccc(N3CCCC3=O)cc1)C2. The Kier molecular flexibility index (Phi) is 4.89. The lowest BCUT2D eigenvalue weighted by atomic mass is 9.94. The molecular formula is C21H27N3O3. The Bertz CT molecular complexity index is 746. The highest BCUT2D eigenvalue weighted by atomic mass is 16.2. The van der Waals surface area contributed by atoms with Crippen LogP contribution in [0.5, 0.6) is 0 Å². The van der Waals surface area contributed by atoms with Crippen molar-refractivity contribution in [3.05, 3.63) is 29.8 Å². The number of nitrogens with zero attached hydrogens (tertiary/aromatic N) is 3. The van der Waals surface area contributed by atoms with E-state index in [-0.39, 0.29) is 29.7 Å². The topological polar surface area (TPSA) is 60.9 Å². The minimum absolute atomic E-state index is 0.0163. The maximum absolute atomic E-state index is 13.1. The van der Waals surface area contributed by atoms with Crippen LogP contribution in [-0.4, -0.2) is 59.7 Å². The summed E-state index contributed by atoms with van der Waals surface area (Å²) in [6, 6.07) is 7.47. The first-order valence-electron chi connectivity index (χ1n) is 10.1. The number of amides is 3. The van der Waals surface area contributed by atoms with Gasteiger partial charge in [0.2, 0.25) is 11.8 Å². The Labute approximate surface area is 160 Å². The molecule has 5 rings (SSSR count). The van der Waals surface area contributed by atoms with Gasteiger partial charge >= 0.3 is 0 Å². The molecule has 0 spiro atoms. The largest absolute Gasteiger partial charge is 0.338 e. The van der Waals surface area contributed by atoms with E-state index in [9.17, 15) is 14.4 Å². The number of rotatable bonds is 4. The molecule has 0 N–H and O–H groups in total. The highest BCUT2D eigenvalue weighted by molar-refractivity contribution is 5.98. The molecular weight excluding hydrogens is 342 g/mol. The molecule has 4 saturated heterocycles. The maximum Gasteiger partial charge on any atom is 0.253 e. The molecule has 4 aliphatic heterocycles. The van der Waals surface area contributed by atoms with Crippen molar-refractivity contribution in [3.8, 4) is 0 Å². The van der Waals surface area contributed by atoms with Crippen molar-refractivity contribution in [2.75, 3.05) is 31.1 Å². The zero-order valence-corrected chi connectivity index (χ0v) is 15.9. The van der Waals surface area contributed by atoms with Gasteiger partial charge < -0.3 is 14.7 Å². The quantitative estimate of drug-likeness (QED) is 0.818. The molecule has 3 amide bonds. The lowest BCUT2D eigenvalue weighted by molar-refractivity contribution is -0.139. The monoisotopic (exact) mass is 369 g/mol. The number of hydrogen-bond donors (Lipinski definition) is 0. The lowest BCUT2D eigenvalue weighted by Crippen LogP contribution is -2.48. The van der Waals surface area contributed by atoms with E-state index >= 15 is 0 Å². The van der Waals surface area contributed by atoms with Crippen LogP contribution in [-0.2, 0) is 9.59 Å². The highest BCUT2D eigenvalue weighted by Gasteiger charge is 2.41. The van der Waals surface area contributed by atoms with Crippen LogP contribution in [0.3, 0.4) is 0 Å². The molecule has 4 fully saturated rings. The van der Waals surface area contributed by atoms with Crippen molar-refractivity contribution in [3.63, 3.8) is 0 Å². The summed E-state index contributed by atoms with van der Waals surface area (Å²) in [5.41, 5.74) is 1.48. The van der Waals surface area contributed by atoms with Gasteiger partial charge in [-0.15, -0.1) is 0 Å². The molecule has 4 heterocycles. The number of piperidine rings is 1. The van der Waals surface area contributed by atoms with E-state index in [0.717, 1.165) is 44.5 Å². The maximum atomic E-state index is 13.1. The molecule has 0 aliphatic carbocycles. The van der Waals surface area contributed by atoms with Crippen LogP contribution in [0.25, 0.3) is 0 Å². The number of benzene rings is 1. The van der Waals surface area contributed by atoms with Crippen molar-refractivity contribution < 1.29 is 14.4 Å². The summed E-state index contributed by atoms with van der Waals surface area (Å²) in [5.74, 6) is 0.275. The summed E-state index contributed by atoms with van der Waals surface area (Å²) in [6.07, 6.45) is 4.29. The molecule has 0 saturated carbocycles. The Balaban J connectivity index is 1.49. The molecule has 6 heteroatoms. The van der Waals surface area contributed by atoms with Gasteiger partial charge in [-0.3, -0.25) is 14.4 Å². The van der Waals surface area contributed by atoms with E-state index in [0.29, 0.717) is 25.1 Å². The molecule has 27 heavy (non-hydrogen) atoms. The molecule has 144 valence electrons. The minimum Gasteiger partial charge on any atom is -0.338 e. The molecule has 0 radical (unpaired) electrons. The van der Waals surface area contributed by atoms with Crippen LogP contribution in [0.4, 0.5) is 5.69 Å². The Morgan fingerprint density at radius 3 is 2.56 bits per heavy atom. The van der Waals surface area contributed by atoms with Gasteiger partial charge in [-0.2, -0.15) is 0 Å². The van der Waals surface area contributed by atoms with Gasteiger partial charge in [-0.05, 0) is 49.9 Å². The highest BCUT2D eigenvalue weighted by Crippen LogP contribution is 2.30. The second-order valence-electron chi connectivity index (χ2n) is 7.87. The molecule has 0 aromatic heterocycles. The third-order valence-corrected chi connectivity index (χ3v) is 6.04. The predicted octanol–water partition coefficient (Wildman–Crippen LogP) is 2.29. The number of anilines is 1. The van der Waals surface area contributed by atoms with Gasteiger partial charge in [0, 0.05) is 49.9 Å². The average molecular weight is 369 g/mol. The van der Waals surface area contributed by atoms with Crippen molar-refractivity contribution >= 4 is 23.4 Å². The van der Waals surface area contributed by atoms with Crippen LogP contribution in [0.2, 0.25) is 0 Å². The Morgan fingerprint density at radius 1 is 1.11 bits per heavy atom. The summed E-state index contributed by atoms with van der Waals surface area (Å²) < 4.78 is 0. The van der Waals surface area contributed by atoms with E-state index in [2.05, 4.69) is 6.92 Å². The predicted molar refractivity (Wildman–Crippen MR) is 102 cm³/mol. The fourth-order valence-electron chi connectivity index (χ4n) is 4.63. The Hall–Kier alpha value is -2.37. The van der Waals surface area contributed by atoms with Crippen LogP contribution in [0.15, 0.2) is 24.3 Å². The number of carbonyl (C=O) groups excluding carboxylic acids is 3. The van der Waals surface area contributed by atoms with E-state index in [1.807, 2.05) is 34.1 Å². The molecule has 1 aromatic carbocycles. The van der Waals surface area contributed by atoms with Crippen molar-refractivity contribution in [1.29, 1.82) is 0 Å². The normalized spacial score (nSPS) is 25.3. The zero-order chi connectivity index (χ0) is 19.0. The molecule has 4 aliphatic rings. The Morgan fingerprint density at radius 2 is 1.89 bits per heavy atom. The smallest absolute Gasteiger partial charge is 0.253 e. The van der Waals surface area contributed by atoms with E-state index in [4.69, 9.17) is 0 Å². The van der Waals surface area contributed by atoms with Crippen molar-refractivity contribution in [2.24, 2.45) is 5.92 Å². The van der Waals surface area contributed by atoms with Crippen LogP contribution in [0.1, 0.15) is 49.4 Å². The van der Waals surface area contributed by atoms with E-state index < -0.39 is 0 Å². The fraction of sp³-hybridized carbons (Fsp3) is 0.571. The lowest BCUT2D eigenvalue weighted by Gasteiger charge is -2.35. The van der Waals surface area contributed by atoms with Crippen LogP contribution < -0.4 is 4.90 Å². The summed E-state index contributed by atoms with van der Waals surface area (Å²) in [6.45, 7) is 4.74.